The van der Waals surface area contributed by atoms with Crippen molar-refractivity contribution in [2.75, 3.05) is 11.0 Å². The van der Waals surface area contributed by atoms with Gasteiger partial charge in [0, 0.05) is 24.5 Å². The van der Waals surface area contributed by atoms with Gasteiger partial charge in [-0.05, 0) is 29.8 Å². The molecule has 20 heavy (non-hydrogen) atoms. The minimum absolute atomic E-state index is 0.430. The van der Waals surface area contributed by atoms with Gasteiger partial charge in [0.05, 0.1) is 6.26 Å². The molecular weight excluding hydrogens is 278 g/mol. The van der Waals surface area contributed by atoms with E-state index in [1.165, 1.54) is 0 Å². The van der Waals surface area contributed by atoms with Crippen LogP contribution in [0.4, 0.5) is 5.69 Å². The highest BCUT2D eigenvalue weighted by Crippen LogP contribution is 2.21. The standard InChI is InChI=1S/C13H15N3O3S/c1-20(17,18)16-11-3-5-12(6-4-11)19-13-7-2-10(8-14)9-15-13/h2-7,9,16H,8,14H2,1H3. The number of anilines is 1. The summed E-state index contributed by atoms with van der Waals surface area (Å²) in [6.45, 7) is 0.430. The third kappa shape index (κ3) is 4.22. The Hall–Kier alpha value is -2.12. The number of nitrogens with two attached hydrogens (primary N) is 1. The maximum atomic E-state index is 11.1. The summed E-state index contributed by atoms with van der Waals surface area (Å²) < 4.78 is 30.1. The predicted octanol–water partition coefficient (Wildman–Crippen LogP) is 1.70. The van der Waals surface area contributed by atoms with E-state index in [9.17, 15) is 8.42 Å². The lowest BCUT2D eigenvalue weighted by Crippen LogP contribution is -2.09. The lowest BCUT2D eigenvalue weighted by molar-refractivity contribution is 0.462. The van der Waals surface area contributed by atoms with Gasteiger partial charge in [-0.2, -0.15) is 0 Å². The Kier molecular flexibility index (Phi) is 4.21. The van der Waals surface area contributed by atoms with Crippen LogP contribution >= 0.6 is 0 Å². The zero-order valence-corrected chi connectivity index (χ0v) is 11.7. The lowest BCUT2D eigenvalue weighted by atomic mass is 10.3. The molecule has 0 bridgehead atoms. The van der Waals surface area contributed by atoms with Crippen LogP contribution in [0, 0.1) is 0 Å². The first-order chi connectivity index (χ1) is 9.46. The largest absolute Gasteiger partial charge is 0.439 e. The number of pyridine rings is 1. The van der Waals surface area contributed by atoms with Crippen molar-refractivity contribution in [2.45, 2.75) is 6.54 Å². The molecule has 2 rings (SSSR count). The first-order valence-corrected chi connectivity index (χ1v) is 7.76. The van der Waals surface area contributed by atoms with Gasteiger partial charge < -0.3 is 10.5 Å². The molecule has 0 amide bonds. The molecule has 0 atom stereocenters. The smallest absolute Gasteiger partial charge is 0.229 e. The topological polar surface area (TPSA) is 94.3 Å². The molecule has 6 nitrogen and oxygen atoms in total. The summed E-state index contributed by atoms with van der Waals surface area (Å²) >= 11 is 0. The van der Waals surface area contributed by atoms with Crippen LogP contribution in [0.15, 0.2) is 42.6 Å². The Morgan fingerprint density at radius 2 is 1.90 bits per heavy atom. The summed E-state index contributed by atoms with van der Waals surface area (Å²) in [5, 5.41) is 0. The van der Waals surface area contributed by atoms with Crippen LogP contribution in [0.1, 0.15) is 5.56 Å². The highest BCUT2D eigenvalue weighted by atomic mass is 32.2. The van der Waals surface area contributed by atoms with Gasteiger partial charge in [-0.25, -0.2) is 13.4 Å². The fourth-order valence-electron chi connectivity index (χ4n) is 1.52. The quantitative estimate of drug-likeness (QED) is 0.875. The minimum atomic E-state index is -3.27. The molecular formula is C13H15N3O3S. The third-order valence-corrected chi connectivity index (χ3v) is 3.02. The van der Waals surface area contributed by atoms with E-state index in [0.717, 1.165) is 11.8 Å². The molecule has 0 fully saturated rings. The predicted molar refractivity (Wildman–Crippen MR) is 77.1 cm³/mol. The Balaban J connectivity index is 2.06. The molecule has 0 aliphatic heterocycles. The lowest BCUT2D eigenvalue weighted by Gasteiger charge is -2.07. The summed E-state index contributed by atoms with van der Waals surface area (Å²) in [6, 6.07) is 10.1. The second-order valence-corrected chi connectivity index (χ2v) is 5.96. The first-order valence-electron chi connectivity index (χ1n) is 5.87. The van der Waals surface area contributed by atoms with E-state index in [-0.39, 0.29) is 0 Å². The SMILES string of the molecule is CS(=O)(=O)Nc1ccc(Oc2ccc(CN)cn2)cc1. The molecule has 0 saturated carbocycles. The average Bonchev–Trinajstić information content (AvgIpc) is 2.40. The first kappa shape index (κ1) is 14.3. The van der Waals surface area contributed by atoms with Crippen LogP contribution in [0.3, 0.4) is 0 Å². The van der Waals surface area contributed by atoms with Crippen molar-refractivity contribution in [3.05, 3.63) is 48.2 Å². The molecule has 0 unspecified atom stereocenters. The maximum Gasteiger partial charge on any atom is 0.229 e. The van der Waals surface area contributed by atoms with Gasteiger partial charge in [-0.1, -0.05) is 6.07 Å². The molecule has 1 heterocycles. The van der Waals surface area contributed by atoms with Crippen molar-refractivity contribution in [3.63, 3.8) is 0 Å². The molecule has 0 aliphatic rings. The van der Waals surface area contributed by atoms with E-state index in [0.29, 0.717) is 23.9 Å². The highest BCUT2D eigenvalue weighted by molar-refractivity contribution is 7.92. The summed E-state index contributed by atoms with van der Waals surface area (Å²) in [4.78, 5) is 4.11. The van der Waals surface area contributed by atoms with Gasteiger partial charge in [0.1, 0.15) is 5.75 Å². The Bertz CT molecular complexity index is 667. The molecule has 1 aromatic carbocycles. The number of nitrogens with one attached hydrogen (secondary N) is 1. The molecule has 1 aromatic heterocycles. The summed E-state index contributed by atoms with van der Waals surface area (Å²) in [6.07, 6.45) is 2.75. The molecule has 106 valence electrons. The molecule has 2 aromatic rings. The van der Waals surface area contributed by atoms with E-state index in [1.54, 1.807) is 36.5 Å². The second kappa shape index (κ2) is 5.89. The van der Waals surface area contributed by atoms with Gasteiger partial charge in [0.15, 0.2) is 0 Å². The monoisotopic (exact) mass is 293 g/mol. The fraction of sp³-hybridized carbons (Fsp3) is 0.154. The highest BCUT2D eigenvalue weighted by Gasteiger charge is 2.03. The normalized spacial score (nSPS) is 11.1. The number of benzene rings is 1. The van der Waals surface area contributed by atoms with E-state index < -0.39 is 10.0 Å². The third-order valence-electron chi connectivity index (χ3n) is 2.41. The van der Waals surface area contributed by atoms with Gasteiger partial charge >= 0.3 is 0 Å². The van der Waals surface area contributed by atoms with Crippen molar-refractivity contribution in [1.82, 2.24) is 4.98 Å². The number of ether oxygens (including phenoxy) is 1. The number of rotatable bonds is 5. The van der Waals surface area contributed by atoms with Crippen molar-refractivity contribution in [2.24, 2.45) is 5.73 Å². The number of hydrogen-bond donors (Lipinski definition) is 2. The van der Waals surface area contributed by atoms with Crippen LogP contribution in [-0.2, 0) is 16.6 Å². The van der Waals surface area contributed by atoms with Crippen LogP contribution in [-0.4, -0.2) is 19.7 Å². The summed E-state index contributed by atoms with van der Waals surface area (Å²) in [5.74, 6) is 1.02. The number of hydrogen-bond acceptors (Lipinski definition) is 5. The molecule has 0 aliphatic carbocycles. The molecule has 3 N–H and O–H groups in total. The van der Waals surface area contributed by atoms with Gasteiger partial charge in [0.25, 0.3) is 0 Å². The Morgan fingerprint density at radius 1 is 1.20 bits per heavy atom. The van der Waals surface area contributed by atoms with Crippen molar-refractivity contribution < 1.29 is 13.2 Å². The number of aromatic nitrogens is 1. The van der Waals surface area contributed by atoms with Gasteiger partial charge in [0.2, 0.25) is 15.9 Å². The molecule has 0 spiro atoms. The second-order valence-electron chi connectivity index (χ2n) is 4.21. The zero-order valence-electron chi connectivity index (χ0n) is 10.9. The number of sulfonamides is 1. The van der Waals surface area contributed by atoms with E-state index in [1.807, 2.05) is 6.07 Å². The Labute approximate surface area is 117 Å². The maximum absolute atomic E-state index is 11.1. The molecule has 7 heteroatoms. The van der Waals surface area contributed by atoms with Crippen LogP contribution in [0.5, 0.6) is 11.6 Å². The minimum Gasteiger partial charge on any atom is -0.439 e. The van der Waals surface area contributed by atoms with Crippen LogP contribution in [0.2, 0.25) is 0 Å². The van der Waals surface area contributed by atoms with E-state index in [2.05, 4.69) is 9.71 Å². The number of nitrogens with zero attached hydrogens (tertiary/aromatic N) is 1. The summed E-state index contributed by atoms with van der Waals surface area (Å²) in [5.41, 5.74) is 6.88. The van der Waals surface area contributed by atoms with Gasteiger partial charge in [-0.15, -0.1) is 0 Å². The van der Waals surface area contributed by atoms with Crippen molar-refractivity contribution in [3.8, 4) is 11.6 Å². The molecule has 0 radical (unpaired) electrons. The van der Waals surface area contributed by atoms with Crippen molar-refractivity contribution >= 4 is 15.7 Å². The van der Waals surface area contributed by atoms with Crippen LogP contribution in [0.25, 0.3) is 0 Å². The van der Waals surface area contributed by atoms with E-state index >= 15 is 0 Å². The van der Waals surface area contributed by atoms with E-state index in [4.69, 9.17) is 10.5 Å². The van der Waals surface area contributed by atoms with Crippen molar-refractivity contribution in [1.29, 1.82) is 0 Å². The zero-order chi connectivity index (χ0) is 14.6. The Morgan fingerprint density at radius 3 is 2.40 bits per heavy atom. The molecule has 0 saturated heterocycles. The van der Waals surface area contributed by atoms with Crippen LogP contribution < -0.4 is 15.2 Å². The average molecular weight is 293 g/mol. The summed E-state index contributed by atoms with van der Waals surface area (Å²) in [7, 11) is -3.27. The fourth-order valence-corrected chi connectivity index (χ4v) is 2.08. The van der Waals surface area contributed by atoms with Gasteiger partial charge in [-0.3, -0.25) is 4.72 Å².